The molecule has 0 aliphatic carbocycles. The number of halogens is 3. The zero-order valence-corrected chi connectivity index (χ0v) is 17.2. The molecule has 0 bridgehead atoms. The maximum absolute atomic E-state index is 12.8. The Hall–Kier alpha value is -3.16. The van der Waals surface area contributed by atoms with E-state index in [-0.39, 0.29) is 24.1 Å². The summed E-state index contributed by atoms with van der Waals surface area (Å²) in [6.45, 7) is 7.64. The summed E-state index contributed by atoms with van der Waals surface area (Å²) < 4.78 is 39.7. The molecule has 5 nitrogen and oxygen atoms in total. The molecule has 3 rings (SSSR count). The standard InChI is InChI=1S/C22H23F3N4O/c1-13(2)17-7-5-6-8-19(17)27-21(30)11-18-14(3)28-29(15(18)4)20-10-9-16(12-26-20)22(23,24)25/h5-10,12-13H,11H2,1-4H3,(H,27,30). The highest BCUT2D eigenvalue weighted by Crippen LogP contribution is 2.29. The number of aromatic nitrogens is 3. The molecular formula is C22H23F3N4O. The molecule has 2 aromatic heterocycles. The van der Waals surface area contributed by atoms with Crippen molar-refractivity contribution in [2.24, 2.45) is 0 Å². The number of alkyl halides is 3. The van der Waals surface area contributed by atoms with Crippen LogP contribution in [-0.4, -0.2) is 20.7 Å². The predicted molar refractivity (Wildman–Crippen MR) is 109 cm³/mol. The van der Waals surface area contributed by atoms with E-state index in [1.54, 1.807) is 13.8 Å². The summed E-state index contributed by atoms with van der Waals surface area (Å²) in [5, 5.41) is 7.32. The third kappa shape index (κ3) is 4.53. The van der Waals surface area contributed by atoms with Gasteiger partial charge in [0.2, 0.25) is 5.91 Å². The van der Waals surface area contributed by atoms with Crippen LogP contribution in [0.1, 0.15) is 47.8 Å². The van der Waals surface area contributed by atoms with Gasteiger partial charge >= 0.3 is 6.18 Å². The van der Waals surface area contributed by atoms with Gasteiger partial charge in [0.15, 0.2) is 5.82 Å². The molecule has 0 aliphatic rings. The van der Waals surface area contributed by atoms with Crippen LogP contribution < -0.4 is 5.32 Å². The number of pyridine rings is 1. The number of nitrogens with one attached hydrogen (secondary N) is 1. The van der Waals surface area contributed by atoms with E-state index in [1.807, 2.05) is 24.3 Å². The molecule has 158 valence electrons. The Morgan fingerprint density at radius 1 is 1.13 bits per heavy atom. The van der Waals surface area contributed by atoms with E-state index in [9.17, 15) is 18.0 Å². The summed E-state index contributed by atoms with van der Waals surface area (Å²) in [5.74, 6) is 0.341. The molecule has 1 N–H and O–H groups in total. The van der Waals surface area contributed by atoms with E-state index in [1.165, 1.54) is 10.7 Å². The molecular weight excluding hydrogens is 393 g/mol. The van der Waals surface area contributed by atoms with Crippen molar-refractivity contribution < 1.29 is 18.0 Å². The minimum absolute atomic E-state index is 0.102. The smallest absolute Gasteiger partial charge is 0.326 e. The van der Waals surface area contributed by atoms with Gasteiger partial charge in [0, 0.05) is 23.1 Å². The second-order valence-electron chi connectivity index (χ2n) is 7.43. The molecule has 1 amide bonds. The Morgan fingerprint density at radius 3 is 2.43 bits per heavy atom. The molecule has 0 saturated heterocycles. The highest BCUT2D eigenvalue weighted by Gasteiger charge is 2.31. The number of carbonyl (C=O) groups is 1. The quantitative estimate of drug-likeness (QED) is 0.621. The Balaban J connectivity index is 1.82. The molecule has 0 saturated carbocycles. The Morgan fingerprint density at radius 2 is 1.83 bits per heavy atom. The lowest BCUT2D eigenvalue weighted by Gasteiger charge is -2.13. The first-order chi connectivity index (χ1) is 14.1. The van der Waals surface area contributed by atoms with E-state index >= 15 is 0 Å². The van der Waals surface area contributed by atoms with Gasteiger partial charge in [-0.2, -0.15) is 18.3 Å². The summed E-state index contributed by atoms with van der Waals surface area (Å²) in [7, 11) is 0. The average molecular weight is 416 g/mol. The van der Waals surface area contributed by atoms with Gasteiger partial charge in [0.25, 0.3) is 0 Å². The largest absolute Gasteiger partial charge is 0.417 e. The molecule has 0 unspecified atom stereocenters. The summed E-state index contributed by atoms with van der Waals surface area (Å²) in [6, 6.07) is 9.87. The van der Waals surface area contributed by atoms with Crippen molar-refractivity contribution >= 4 is 11.6 Å². The second-order valence-corrected chi connectivity index (χ2v) is 7.43. The highest BCUT2D eigenvalue weighted by atomic mass is 19.4. The van der Waals surface area contributed by atoms with Crippen LogP contribution in [0.15, 0.2) is 42.6 Å². The van der Waals surface area contributed by atoms with Gasteiger partial charge < -0.3 is 5.32 Å². The van der Waals surface area contributed by atoms with Crippen molar-refractivity contribution in [2.45, 2.75) is 46.2 Å². The van der Waals surface area contributed by atoms with Crippen LogP contribution in [0.5, 0.6) is 0 Å². The molecule has 0 fully saturated rings. The lowest BCUT2D eigenvalue weighted by molar-refractivity contribution is -0.137. The van der Waals surface area contributed by atoms with E-state index in [2.05, 4.69) is 29.2 Å². The molecule has 0 atom stereocenters. The normalized spacial score (nSPS) is 11.7. The van der Waals surface area contributed by atoms with Gasteiger partial charge in [-0.3, -0.25) is 4.79 Å². The second kappa shape index (κ2) is 8.30. The summed E-state index contributed by atoms with van der Waals surface area (Å²) in [4.78, 5) is 16.6. The molecule has 2 heterocycles. The Labute approximate surface area is 173 Å². The number of hydrogen-bond donors (Lipinski definition) is 1. The first-order valence-electron chi connectivity index (χ1n) is 9.55. The first kappa shape index (κ1) is 21.5. The minimum atomic E-state index is -4.45. The fourth-order valence-electron chi connectivity index (χ4n) is 3.30. The van der Waals surface area contributed by atoms with E-state index in [0.717, 1.165) is 29.1 Å². The number of carbonyl (C=O) groups excluding carboxylic acids is 1. The van der Waals surface area contributed by atoms with Crippen molar-refractivity contribution in [1.29, 1.82) is 0 Å². The maximum atomic E-state index is 12.8. The van der Waals surface area contributed by atoms with E-state index in [4.69, 9.17) is 0 Å². The molecule has 0 spiro atoms. The van der Waals surface area contributed by atoms with Crippen LogP contribution in [0.3, 0.4) is 0 Å². The zero-order valence-electron chi connectivity index (χ0n) is 17.2. The fraction of sp³-hybridized carbons (Fsp3) is 0.318. The maximum Gasteiger partial charge on any atom is 0.417 e. The van der Waals surface area contributed by atoms with Crippen LogP contribution in [0.25, 0.3) is 5.82 Å². The predicted octanol–water partition coefficient (Wildman–Crippen LogP) is 5.21. The summed E-state index contributed by atoms with van der Waals surface area (Å²) in [6.07, 6.45) is -3.57. The van der Waals surface area contributed by atoms with E-state index in [0.29, 0.717) is 11.4 Å². The number of benzene rings is 1. The molecule has 0 radical (unpaired) electrons. The van der Waals surface area contributed by atoms with Gasteiger partial charge in [-0.05, 0) is 43.5 Å². The molecule has 0 aliphatic heterocycles. The number of aryl methyl sites for hydroxylation is 1. The van der Waals surface area contributed by atoms with Crippen molar-refractivity contribution in [3.8, 4) is 5.82 Å². The molecule has 30 heavy (non-hydrogen) atoms. The molecule has 3 aromatic rings. The van der Waals surface area contributed by atoms with Crippen molar-refractivity contribution in [2.75, 3.05) is 5.32 Å². The van der Waals surface area contributed by atoms with Crippen LogP contribution in [0, 0.1) is 13.8 Å². The van der Waals surface area contributed by atoms with Crippen LogP contribution in [-0.2, 0) is 17.4 Å². The van der Waals surface area contributed by atoms with Gasteiger partial charge in [0.1, 0.15) is 0 Å². The zero-order chi connectivity index (χ0) is 22.1. The monoisotopic (exact) mass is 416 g/mol. The fourth-order valence-corrected chi connectivity index (χ4v) is 3.30. The summed E-state index contributed by atoms with van der Waals surface area (Å²) in [5.41, 5.74) is 2.99. The Kier molecular flexibility index (Phi) is 5.96. The van der Waals surface area contributed by atoms with Gasteiger partial charge in [0.05, 0.1) is 17.7 Å². The Bertz CT molecular complexity index is 1050. The number of nitrogens with zero attached hydrogens (tertiary/aromatic N) is 3. The number of rotatable bonds is 5. The van der Waals surface area contributed by atoms with Gasteiger partial charge in [-0.25, -0.2) is 9.67 Å². The number of amides is 1. The average Bonchev–Trinajstić information content (AvgIpc) is 2.96. The van der Waals surface area contributed by atoms with Gasteiger partial charge in [-0.15, -0.1) is 0 Å². The van der Waals surface area contributed by atoms with Crippen LogP contribution in [0.4, 0.5) is 18.9 Å². The van der Waals surface area contributed by atoms with Crippen molar-refractivity contribution in [1.82, 2.24) is 14.8 Å². The minimum Gasteiger partial charge on any atom is -0.326 e. The van der Waals surface area contributed by atoms with E-state index < -0.39 is 11.7 Å². The first-order valence-corrected chi connectivity index (χ1v) is 9.55. The highest BCUT2D eigenvalue weighted by molar-refractivity contribution is 5.93. The van der Waals surface area contributed by atoms with Crippen molar-refractivity contribution in [3.05, 3.63) is 70.7 Å². The number of hydrogen-bond acceptors (Lipinski definition) is 3. The molecule has 8 heteroatoms. The third-order valence-corrected chi connectivity index (χ3v) is 4.93. The summed E-state index contributed by atoms with van der Waals surface area (Å²) >= 11 is 0. The van der Waals surface area contributed by atoms with Crippen LogP contribution in [0.2, 0.25) is 0 Å². The topological polar surface area (TPSA) is 59.8 Å². The molecule has 1 aromatic carbocycles. The number of para-hydroxylation sites is 1. The van der Waals surface area contributed by atoms with Crippen molar-refractivity contribution in [3.63, 3.8) is 0 Å². The van der Waals surface area contributed by atoms with Crippen LogP contribution >= 0.6 is 0 Å². The lowest BCUT2D eigenvalue weighted by Crippen LogP contribution is -2.16. The SMILES string of the molecule is Cc1nn(-c2ccc(C(F)(F)F)cn2)c(C)c1CC(=O)Nc1ccccc1C(C)C. The third-order valence-electron chi connectivity index (χ3n) is 4.93. The number of anilines is 1. The lowest BCUT2D eigenvalue weighted by atomic mass is 10.0. The van der Waals surface area contributed by atoms with Gasteiger partial charge in [-0.1, -0.05) is 32.0 Å².